The molecule has 3 aromatic heterocycles. The summed E-state index contributed by atoms with van der Waals surface area (Å²) in [5, 5.41) is 2.64. The molecule has 4 rings (SSSR count). The van der Waals surface area contributed by atoms with Crippen LogP contribution in [0.3, 0.4) is 0 Å². The monoisotopic (exact) mass is 477 g/mol. The molecule has 0 fully saturated rings. The predicted octanol–water partition coefficient (Wildman–Crippen LogP) is 4.25. The van der Waals surface area contributed by atoms with Gasteiger partial charge in [0.05, 0.1) is 21.7 Å². The lowest BCUT2D eigenvalue weighted by atomic mass is 10.0. The Bertz CT molecular complexity index is 1440. The van der Waals surface area contributed by atoms with Gasteiger partial charge in [-0.05, 0) is 36.4 Å². The Hall–Kier alpha value is -3.72. The van der Waals surface area contributed by atoms with E-state index < -0.39 is 11.2 Å². The summed E-state index contributed by atoms with van der Waals surface area (Å²) in [6.45, 7) is 4.54. The molecule has 0 bridgehead atoms. The summed E-state index contributed by atoms with van der Waals surface area (Å²) in [7, 11) is 0. The van der Waals surface area contributed by atoms with Gasteiger partial charge in [-0.25, -0.2) is 9.78 Å². The number of nitrogens with one attached hydrogen (secondary N) is 1. The number of aromatic amines is 1. The SMILES string of the molecule is CCCCN(C(=O)c1cc(-c2cccs2)nc2ccccc12)c1c(N)n(CCC)c(=O)[nH]c1=O. The van der Waals surface area contributed by atoms with Gasteiger partial charge < -0.3 is 10.6 Å². The fourth-order valence-corrected chi connectivity index (χ4v) is 4.65. The molecule has 0 saturated carbocycles. The first kappa shape index (κ1) is 23.4. The van der Waals surface area contributed by atoms with E-state index in [-0.39, 0.29) is 24.0 Å². The number of hydrogen-bond donors (Lipinski definition) is 2. The van der Waals surface area contributed by atoms with Crippen molar-refractivity contribution in [3.05, 3.63) is 74.2 Å². The molecule has 176 valence electrons. The second-order valence-corrected chi connectivity index (χ2v) is 8.95. The van der Waals surface area contributed by atoms with E-state index in [1.165, 1.54) is 20.8 Å². The number of aromatic nitrogens is 3. The van der Waals surface area contributed by atoms with Crippen LogP contribution >= 0.6 is 11.3 Å². The number of carbonyl (C=O) groups excluding carboxylic acids is 1. The van der Waals surface area contributed by atoms with Gasteiger partial charge in [-0.2, -0.15) is 0 Å². The molecule has 9 heteroatoms. The van der Waals surface area contributed by atoms with Crippen LogP contribution in [0.1, 0.15) is 43.5 Å². The summed E-state index contributed by atoms with van der Waals surface area (Å²) in [4.78, 5) is 48.7. The van der Waals surface area contributed by atoms with Crippen LogP contribution in [0, 0.1) is 0 Å². The highest BCUT2D eigenvalue weighted by Gasteiger charge is 2.27. The van der Waals surface area contributed by atoms with Gasteiger partial charge in [-0.3, -0.25) is 19.1 Å². The Balaban J connectivity index is 1.93. The van der Waals surface area contributed by atoms with E-state index in [4.69, 9.17) is 10.7 Å². The predicted molar refractivity (Wildman–Crippen MR) is 138 cm³/mol. The van der Waals surface area contributed by atoms with E-state index in [1.807, 2.05) is 55.6 Å². The number of anilines is 2. The summed E-state index contributed by atoms with van der Waals surface area (Å²) in [5.41, 5.74) is 6.87. The number of nitrogens with two attached hydrogens (primary N) is 1. The number of pyridine rings is 1. The van der Waals surface area contributed by atoms with E-state index in [0.717, 1.165) is 11.3 Å². The van der Waals surface area contributed by atoms with E-state index in [1.54, 1.807) is 6.07 Å². The second-order valence-electron chi connectivity index (χ2n) is 8.00. The molecule has 34 heavy (non-hydrogen) atoms. The Labute approximate surface area is 200 Å². The van der Waals surface area contributed by atoms with Crippen molar-refractivity contribution in [2.24, 2.45) is 0 Å². The zero-order valence-electron chi connectivity index (χ0n) is 19.2. The first-order chi connectivity index (χ1) is 16.5. The lowest BCUT2D eigenvalue weighted by molar-refractivity contribution is 0.0987. The maximum absolute atomic E-state index is 14.1. The number of rotatable bonds is 8. The van der Waals surface area contributed by atoms with Crippen LogP contribution in [0.4, 0.5) is 11.5 Å². The zero-order chi connectivity index (χ0) is 24.2. The van der Waals surface area contributed by atoms with Crippen LogP contribution in [0.15, 0.2) is 57.4 Å². The number of benzene rings is 1. The molecule has 0 atom stereocenters. The number of nitrogens with zero attached hydrogens (tertiary/aromatic N) is 3. The number of para-hydroxylation sites is 1. The van der Waals surface area contributed by atoms with Crippen molar-refractivity contribution in [2.45, 2.75) is 39.7 Å². The molecule has 3 heterocycles. The molecule has 1 aromatic carbocycles. The Kier molecular flexibility index (Phi) is 6.93. The maximum Gasteiger partial charge on any atom is 0.330 e. The van der Waals surface area contributed by atoms with E-state index in [0.29, 0.717) is 41.5 Å². The number of unbranched alkanes of at least 4 members (excludes halogenated alkanes) is 1. The van der Waals surface area contributed by atoms with Crippen molar-refractivity contribution in [2.75, 3.05) is 17.2 Å². The topological polar surface area (TPSA) is 114 Å². The van der Waals surface area contributed by atoms with Gasteiger partial charge in [-0.15, -0.1) is 11.3 Å². The Morgan fingerprint density at radius 3 is 2.65 bits per heavy atom. The fraction of sp³-hybridized carbons (Fsp3) is 0.280. The molecule has 8 nitrogen and oxygen atoms in total. The quantitative estimate of drug-likeness (QED) is 0.394. The average Bonchev–Trinajstić information content (AvgIpc) is 3.37. The average molecular weight is 478 g/mol. The van der Waals surface area contributed by atoms with Crippen LogP contribution in [-0.4, -0.2) is 27.0 Å². The third-order valence-electron chi connectivity index (χ3n) is 5.63. The lowest BCUT2D eigenvalue weighted by Crippen LogP contribution is -2.41. The number of amides is 1. The van der Waals surface area contributed by atoms with Crippen molar-refractivity contribution in [1.82, 2.24) is 14.5 Å². The van der Waals surface area contributed by atoms with Crippen molar-refractivity contribution in [3.63, 3.8) is 0 Å². The molecule has 0 saturated heterocycles. The number of hydrogen-bond acceptors (Lipinski definition) is 6. The summed E-state index contributed by atoms with van der Waals surface area (Å²) < 4.78 is 1.31. The number of H-pyrrole nitrogens is 1. The summed E-state index contributed by atoms with van der Waals surface area (Å²) in [6.07, 6.45) is 2.13. The summed E-state index contributed by atoms with van der Waals surface area (Å²) in [5.74, 6) is -0.361. The minimum Gasteiger partial charge on any atom is -0.383 e. The number of thiophene rings is 1. The third-order valence-corrected chi connectivity index (χ3v) is 6.52. The first-order valence-corrected chi connectivity index (χ1v) is 12.2. The van der Waals surface area contributed by atoms with Crippen LogP contribution in [0.2, 0.25) is 0 Å². The molecule has 0 unspecified atom stereocenters. The molecule has 0 aliphatic rings. The minimum absolute atomic E-state index is 0.00287. The van der Waals surface area contributed by atoms with Gasteiger partial charge in [0.25, 0.3) is 11.5 Å². The van der Waals surface area contributed by atoms with E-state index in [9.17, 15) is 14.4 Å². The largest absolute Gasteiger partial charge is 0.383 e. The van der Waals surface area contributed by atoms with E-state index in [2.05, 4.69) is 4.98 Å². The van der Waals surface area contributed by atoms with Crippen LogP contribution < -0.4 is 21.9 Å². The van der Waals surface area contributed by atoms with Crippen LogP contribution in [0.25, 0.3) is 21.5 Å². The van der Waals surface area contributed by atoms with Crippen LogP contribution in [-0.2, 0) is 6.54 Å². The fourth-order valence-electron chi connectivity index (χ4n) is 3.96. The molecule has 0 aliphatic heterocycles. The summed E-state index contributed by atoms with van der Waals surface area (Å²) in [6, 6.07) is 13.1. The van der Waals surface area contributed by atoms with Crippen molar-refractivity contribution >= 4 is 39.7 Å². The van der Waals surface area contributed by atoms with Gasteiger partial charge in [0.15, 0.2) is 5.69 Å². The Morgan fingerprint density at radius 2 is 1.94 bits per heavy atom. The minimum atomic E-state index is -0.670. The lowest BCUT2D eigenvalue weighted by Gasteiger charge is -2.25. The highest BCUT2D eigenvalue weighted by Crippen LogP contribution is 2.30. The second kappa shape index (κ2) is 10.0. The number of nitrogen functional groups attached to an aromatic ring is 1. The normalized spacial score (nSPS) is 11.1. The molecule has 0 radical (unpaired) electrons. The number of carbonyl (C=O) groups is 1. The van der Waals surface area contributed by atoms with Crippen molar-refractivity contribution < 1.29 is 4.79 Å². The standard InChI is InChI=1S/C25H27N5O3S/c1-3-5-13-29(21-22(26)30(12-4-2)25(33)28-23(21)31)24(32)17-15-19(20-11-8-14-34-20)27-18-10-7-6-9-16(17)18/h6-11,14-15H,3-5,12-13,26H2,1-2H3,(H,28,31,33). The third kappa shape index (κ3) is 4.38. The molecule has 0 aliphatic carbocycles. The molecule has 0 spiro atoms. The number of fused-ring (bicyclic) bond motifs is 1. The van der Waals surface area contributed by atoms with Gasteiger partial charge >= 0.3 is 5.69 Å². The maximum atomic E-state index is 14.1. The highest BCUT2D eigenvalue weighted by atomic mass is 32.1. The molecular weight excluding hydrogens is 450 g/mol. The first-order valence-electron chi connectivity index (χ1n) is 11.3. The molecule has 4 aromatic rings. The molecular formula is C25H27N5O3S. The van der Waals surface area contributed by atoms with Crippen molar-refractivity contribution in [3.8, 4) is 10.6 Å². The van der Waals surface area contributed by atoms with E-state index >= 15 is 0 Å². The molecule has 1 amide bonds. The van der Waals surface area contributed by atoms with Gasteiger partial charge in [0.2, 0.25) is 0 Å². The zero-order valence-corrected chi connectivity index (χ0v) is 20.0. The van der Waals surface area contributed by atoms with Crippen LogP contribution in [0.5, 0.6) is 0 Å². The van der Waals surface area contributed by atoms with Gasteiger partial charge in [0.1, 0.15) is 5.82 Å². The summed E-state index contributed by atoms with van der Waals surface area (Å²) >= 11 is 1.54. The Morgan fingerprint density at radius 1 is 1.15 bits per heavy atom. The van der Waals surface area contributed by atoms with Gasteiger partial charge in [-0.1, -0.05) is 44.5 Å². The van der Waals surface area contributed by atoms with Crippen molar-refractivity contribution in [1.29, 1.82) is 0 Å². The smallest absolute Gasteiger partial charge is 0.330 e. The molecule has 3 N–H and O–H groups in total. The highest BCUT2D eigenvalue weighted by molar-refractivity contribution is 7.13. The van der Waals surface area contributed by atoms with Gasteiger partial charge in [0, 0.05) is 18.5 Å².